The highest BCUT2D eigenvalue weighted by Gasteiger charge is 2.65. The van der Waals surface area contributed by atoms with Gasteiger partial charge >= 0.3 is 6.09 Å². The number of carbonyl (C=O) groups is 1. The lowest BCUT2D eigenvalue weighted by Gasteiger charge is -2.59. The van der Waals surface area contributed by atoms with Crippen molar-refractivity contribution < 1.29 is 38.8 Å². The van der Waals surface area contributed by atoms with Gasteiger partial charge in [-0.1, -0.05) is 137 Å². The second kappa shape index (κ2) is 25.2. The van der Waals surface area contributed by atoms with E-state index in [1.165, 1.54) is 44.9 Å². The first-order chi connectivity index (χ1) is 31.4. The minimum atomic E-state index is -1.34. The molecule has 10 nitrogen and oxygen atoms in total. The average molecular weight is 879 g/mol. The van der Waals surface area contributed by atoms with Gasteiger partial charge in [-0.3, -0.25) is 0 Å². The number of aliphatic hydroxyl groups excluding tert-OH is 2. The highest BCUT2D eigenvalue weighted by Crippen LogP contribution is 2.62. The van der Waals surface area contributed by atoms with Crippen molar-refractivity contribution in [2.75, 3.05) is 40.6 Å². The highest BCUT2D eigenvalue weighted by atomic mass is 16.7. The van der Waals surface area contributed by atoms with Gasteiger partial charge in [0.05, 0.1) is 24.8 Å². The highest BCUT2D eigenvalue weighted by molar-refractivity contribution is 6.02. The van der Waals surface area contributed by atoms with E-state index in [1.807, 2.05) is 42.5 Å². The van der Waals surface area contributed by atoms with Crippen LogP contribution < -0.4 is 9.47 Å². The molecule has 6 rings (SSSR count). The number of fused-ring (bicyclic) bond motifs is 2. The molecule has 0 spiro atoms. The summed E-state index contributed by atoms with van der Waals surface area (Å²) in [5, 5.41) is 24.5. The lowest BCUT2D eigenvalue weighted by molar-refractivity contribution is -0.253. The molecule has 6 unspecified atom stereocenters. The van der Waals surface area contributed by atoms with Crippen molar-refractivity contribution in [3.05, 3.63) is 103 Å². The molecule has 2 aliphatic carbocycles. The molecule has 6 atom stereocenters. The minimum Gasteiger partial charge on any atom is -0.459 e. The third-order valence-electron chi connectivity index (χ3n) is 13.5. The van der Waals surface area contributed by atoms with Crippen LogP contribution in [0.2, 0.25) is 0 Å². The number of unbranched alkanes of at least 4 members (excludes halogenated alkanes) is 11. The van der Waals surface area contributed by atoms with E-state index in [0.717, 1.165) is 78.7 Å². The molecule has 1 heterocycles. The number of carbonyl (C=O) groups excluding carboxylic acids is 1. The number of allylic oxidation sites excluding steroid dienone is 1. The molecule has 0 bridgehead atoms. The summed E-state index contributed by atoms with van der Waals surface area (Å²) in [6, 6.07) is 23.8. The van der Waals surface area contributed by atoms with Crippen LogP contribution in [0.1, 0.15) is 128 Å². The summed E-state index contributed by atoms with van der Waals surface area (Å²) < 4.78 is 26.8. The zero-order chi connectivity index (χ0) is 45.2. The molecule has 1 fully saturated rings. The molecule has 348 valence electrons. The number of benzene rings is 3. The van der Waals surface area contributed by atoms with Crippen LogP contribution in [0.25, 0.3) is 11.1 Å². The van der Waals surface area contributed by atoms with Crippen LogP contribution >= 0.6 is 0 Å². The summed E-state index contributed by atoms with van der Waals surface area (Å²) in [7, 11) is 3.33. The fourth-order valence-electron chi connectivity index (χ4n) is 10.4. The number of hydrogen-bond donors (Lipinski definition) is 2. The van der Waals surface area contributed by atoms with Crippen LogP contribution in [0.4, 0.5) is 4.79 Å². The second-order valence-corrected chi connectivity index (χ2v) is 17.9. The van der Waals surface area contributed by atoms with E-state index in [9.17, 15) is 15.0 Å². The Kier molecular flexibility index (Phi) is 19.2. The van der Waals surface area contributed by atoms with Crippen molar-refractivity contribution in [3.8, 4) is 28.4 Å². The molecule has 1 saturated carbocycles. The normalized spacial score (nSPS) is 22.7. The van der Waals surface area contributed by atoms with Gasteiger partial charge in [0.25, 0.3) is 0 Å². The van der Waals surface area contributed by atoms with Crippen molar-refractivity contribution in [1.29, 1.82) is 0 Å². The van der Waals surface area contributed by atoms with E-state index in [1.54, 1.807) is 25.1 Å². The lowest BCUT2D eigenvalue weighted by Crippen LogP contribution is -2.69. The Labute approximate surface area is 382 Å². The topological polar surface area (TPSA) is 119 Å². The Morgan fingerprint density at radius 3 is 2.17 bits per heavy atom. The van der Waals surface area contributed by atoms with Crippen LogP contribution in [-0.2, 0) is 14.3 Å². The second-order valence-electron chi connectivity index (χ2n) is 17.9. The van der Waals surface area contributed by atoms with Crippen molar-refractivity contribution in [2.24, 2.45) is 22.9 Å². The number of likely N-dealkylation sites (N-methyl/N-ethyl adjacent to an activating group) is 1. The summed E-state index contributed by atoms with van der Waals surface area (Å²) in [5.41, 5.74) is 4.97. The quantitative estimate of drug-likeness (QED) is 0.0441. The summed E-state index contributed by atoms with van der Waals surface area (Å²) in [4.78, 5) is 21.3. The Bertz CT molecular complexity index is 1950. The predicted octanol–water partition coefficient (Wildman–Crippen LogP) is 12.4. The molecule has 10 heteroatoms. The average Bonchev–Trinajstić information content (AvgIpc) is 3.32. The number of aliphatic hydroxyl groups is 2. The van der Waals surface area contributed by atoms with Gasteiger partial charge in [0.2, 0.25) is 5.79 Å². The largest absolute Gasteiger partial charge is 0.459 e. The van der Waals surface area contributed by atoms with Crippen LogP contribution in [-0.4, -0.2) is 79.3 Å². The zero-order valence-electron chi connectivity index (χ0n) is 38.8. The monoisotopic (exact) mass is 879 g/mol. The predicted molar refractivity (Wildman–Crippen MR) is 255 cm³/mol. The zero-order valence-corrected chi connectivity index (χ0v) is 38.8. The van der Waals surface area contributed by atoms with Crippen molar-refractivity contribution in [2.45, 2.75) is 134 Å². The van der Waals surface area contributed by atoms with Gasteiger partial charge in [0, 0.05) is 38.2 Å². The molecule has 0 aromatic heterocycles. The third-order valence-corrected chi connectivity index (χ3v) is 13.5. The first-order valence-corrected chi connectivity index (χ1v) is 24.2. The Balaban J connectivity index is 1.34. The first kappa shape index (κ1) is 48.8. The van der Waals surface area contributed by atoms with E-state index in [4.69, 9.17) is 23.8 Å². The van der Waals surface area contributed by atoms with Crippen molar-refractivity contribution >= 4 is 11.8 Å². The van der Waals surface area contributed by atoms with Crippen molar-refractivity contribution in [3.63, 3.8) is 0 Å². The smallest absolute Gasteiger partial charge is 0.409 e. The van der Waals surface area contributed by atoms with Gasteiger partial charge in [-0.05, 0) is 91.0 Å². The molecular weight excluding hydrogens is 805 g/mol. The number of nitrogens with zero attached hydrogens (tertiary/aromatic N) is 2. The number of ether oxygens (including phenoxy) is 4. The molecule has 64 heavy (non-hydrogen) atoms. The number of oxime groups is 1. The van der Waals surface area contributed by atoms with Crippen LogP contribution in [0, 0.1) is 17.8 Å². The van der Waals surface area contributed by atoms with Gasteiger partial charge < -0.3 is 38.9 Å². The van der Waals surface area contributed by atoms with Gasteiger partial charge in [-0.2, -0.15) is 0 Å². The molecule has 1 aliphatic heterocycles. The van der Waals surface area contributed by atoms with Gasteiger partial charge in [0.1, 0.15) is 30.4 Å². The molecule has 0 saturated heterocycles. The molecule has 3 aliphatic rings. The van der Waals surface area contributed by atoms with E-state index in [2.05, 4.69) is 55.1 Å². The maximum absolute atomic E-state index is 14.1. The van der Waals surface area contributed by atoms with Crippen LogP contribution in [0.15, 0.2) is 102 Å². The standard InChI is InChI=1S/C54H74N2O8/c1-5-7-8-9-10-11-12-13-14-22-36-61-53(59)56(3)50-39-48(55-60-4)46-37-42(25-18-20-33-57)45(26-19-21-34-58)51-47-38-44(31-32-49(47)64-54(50,52(46)51)62-35-6-2)63-43-29-27-41(28-30-43)40-23-16-15-17-24-40/h6,15-17,23-24,27-32,37-38,42,45,50-52,57-58H,2,5,7-14,18-22,25-26,33-36,39H2,1,3-4H3. The first-order valence-electron chi connectivity index (χ1n) is 24.2. The maximum atomic E-state index is 14.1. The fraction of sp³-hybridized carbons (Fsp3) is 0.556. The van der Waals surface area contributed by atoms with Crippen LogP contribution in [0.3, 0.4) is 0 Å². The van der Waals surface area contributed by atoms with E-state index < -0.39 is 23.8 Å². The summed E-state index contributed by atoms with van der Waals surface area (Å²) in [5.74, 6) is 0.402. The SMILES string of the molecule is C=CCOC12Oc3ccc(Oc4ccc(-c5ccccc5)cc4)cc3C3C(CCCCO)C(CCCCO)C=C(C(=NOC)CC1N(C)C(=O)OCCCCCCCCCCCC)C32. The minimum absolute atomic E-state index is 0.102. The van der Waals surface area contributed by atoms with Crippen molar-refractivity contribution in [1.82, 2.24) is 4.90 Å². The summed E-state index contributed by atoms with van der Waals surface area (Å²) >= 11 is 0. The summed E-state index contributed by atoms with van der Waals surface area (Å²) in [6.07, 6.45) is 20.7. The molecule has 3 aromatic carbocycles. The molecule has 2 N–H and O–H groups in total. The number of rotatable bonds is 27. The Morgan fingerprint density at radius 2 is 1.50 bits per heavy atom. The molecule has 1 amide bonds. The van der Waals surface area contributed by atoms with Gasteiger partial charge in [-0.25, -0.2) is 4.79 Å². The van der Waals surface area contributed by atoms with Crippen LogP contribution in [0.5, 0.6) is 17.2 Å². The summed E-state index contributed by atoms with van der Waals surface area (Å²) in [6.45, 7) is 7.05. The molecule has 3 aromatic rings. The fourth-order valence-corrected chi connectivity index (χ4v) is 10.4. The third kappa shape index (κ3) is 12.2. The lowest BCUT2D eigenvalue weighted by atomic mass is 9.55. The van der Waals surface area contributed by atoms with E-state index in [-0.39, 0.29) is 37.6 Å². The molecular formula is C54H74N2O8. The molecule has 0 radical (unpaired) electrons. The van der Waals surface area contributed by atoms with E-state index >= 15 is 0 Å². The van der Waals surface area contributed by atoms with E-state index in [0.29, 0.717) is 37.4 Å². The maximum Gasteiger partial charge on any atom is 0.409 e. The number of hydrogen-bond acceptors (Lipinski definition) is 9. The Hall–Kier alpha value is -4.64. The van der Waals surface area contributed by atoms with Gasteiger partial charge in [0.15, 0.2) is 0 Å². The number of amides is 1. The Morgan fingerprint density at radius 1 is 0.844 bits per heavy atom. The van der Waals surface area contributed by atoms with Gasteiger partial charge in [-0.15, -0.1) is 6.58 Å².